The third-order valence-electron chi connectivity index (χ3n) is 1.89. The molecule has 0 spiro atoms. The quantitative estimate of drug-likeness (QED) is 0.864. The van der Waals surface area contributed by atoms with Crippen LogP contribution in [0.2, 0.25) is 0 Å². The second-order valence-electron chi connectivity index (χ2n) is 3.05. The zero-order valence-electron chi connectivity index (χ0n) is 8.30. The Balaban J connectivity index is 2.31. The van der Waals surface area contributed by atoms with Crippen molar-refractivity contribution in [2.45, 2.75) is 5.33 Å². The molecule has 0 unspecified atom stereocenters. The van der Waals surface area contributed by atoms with Crippen molar-refractivity contribution in [3.8, 4) is 0 Å². The molecule has 1 N–H and O–H groups in total. The predicted octanol–water partition coefficient (Wildman–Crippen LogP) is 1.41. The van der Waals surface area contributed by atoms with Gasteiger partial charge in [0.15, 0.2) is 0 Å². The monoisotopic (exact) mass is 280 g/mol. The van der Waals surface area contributed by atoms with E-state index in [4.69, 9.17) is 0 Å². The van der Waals surface area contributed by atoms with Crippen LogP contribution >= 0.6 is 15.9 Å². The lowest BCUT2D eigenvalue weighted by Crippen LogP contribution is -2.26. The first kappa shape index (κ1) is 10.8. The fourth-order valence-corrected chi connectivity index (χ4v) is 1.44. The molecule has 0 aliphatic carbocycles. The van der Waals surface area contributed by atoms with E-state index in [0.29, 0.717) is 11.1 Å². The Morgan fingerprint density at radius 3 is 2.94 bits per heavy atom. The second kappa shape index (κ2) is 4.89. The van der Waals surface area contributed by atoms with Gasteiger partial charge in [-0.1, -0.05) is 22.0 Å². The summed E-state index contributed by atoms with van der Waals surface area (Å²) in [5.74, 6) is 0.608. The van der Waals surface area contributed by atoms with Gasteiger partial charge in [0.25, 0.3) is 5.56 Å². The summed E-state index contributed by atoms with van der Waals surface area (Å²) in [6.07, 6.45) is 4.55. The first-order valence-electron chi connectivity index (χ1n) is 4.61. The van der Waals surface area contributed by atoms with E-state index < -0.39 is 0 Å². The van der Waals surface area contributed by atoms with Crippen LogP contribution in [0, 0.1) is 0 Å². The number of alkyl halides is 1. The molecule has 0 saturated carbocycles. The minimum atomic E-state index is -0.227. The number of rotatable bonds is 3. The molecule has 82 valence electrons. The molecular formula is C10H9BrN4O. The Morgan fingerprint density at radius 1 is 1.38 bits per heavy atom. The average molecular weight is 281 g/mol. The molecule has 16 heavy (non-hydrogen) atoms. The zero-order valence-corrected chi connectivity index (χ0v) is 9.89. The molecule has 2 aromatic rings. The van der Waals surface area contributed by atoms with Crippen molar-refractivity contribution >= 4 is 21.7 Å². The first-order valence-corrected chi connectivity index (χ1v) is 5.73. The summed E-state index contributed by atoms with van der Waals surface area (Å²) in [7, 11) is 0. The lowest BCUT2D eigenvalue weighted by molar-refractivity contribution is 0.849. The number of aromatic nitrogens is 3. The number of pyridine rings is 1. The number of hydrogen-bond donors (Lipinski definition) is 1. The standard InChI is InChI=1S/C10H9BrN4O/c11-5-8-7-15(10(16)6-13-8)14-9-3-1-2-4-12-9/h1-4,6-7H,5H2,(H,12,14). The lowest BCUT2D eigenvalue weighted by Gasteiger charge is -2.08. The molecule has 0 amide bonds. The van der Waals surface area contributed by atoms with Crippen molar-refractivity contribution in [2.24, 2.45) is 0 Å². The SMILES string of the molecule is O=c1cnc(CBr)cn1Nc1ccccn1. The highest BCUT2D eigenvalue weighted by atomic mass is 79.9. The van der Waals surface area contributed by atoms with E-state index in [9.17, 15) is 4.79 Å². The van der Waals surface area contributed by atoms with Crippen LogP contribution in [-0.2, 0) is 5.33 Å². The predicted molar refractivity (Wildman–Crippen MR) is 64.4 cm³/mol. The Hall–Kier alpha value is -1.69. The van der Waals surface area contributed by atoms with Crippen LogP contribution in [0.25, 0.3) is 0 Å². The van der Waals surface area contributed by atoms with Crippen molar-refractivity contribution in [1.82, 2.24) is 14.6 Å². The van der Waals surface area contributed by atoms with Crippen LogP contribution in [0.5, 0.6) is 0 Å². The van der Waals surface area contributed by atoms with Gasteiger partial charge < -0.3 is 0 Å². The molecule has 0 aliphatic heterocycles. The molecule has 2 rings (SSSR count). The van der Waals surface area contributed by atoms with Crippen molar-refractivity contribution in [1.29, 1.82) is 0 Å². The third kappa shape index (κ3) is 2.46. The topological polar surface area (TPSA) is 59.8 Å². The maximum absolute atomic E-state index is 11.5. The molecule has 0 radical (unpaired) electrons. The summed E-state index contributed by atoms with van der Waals surface area (Å²) in [6.45, 7) is 0. The van der Waals surface area contributed by atoms with Crippen molar-refractivity contribution < 1.29 is 0 Å². The highest BCUT2D eigenvalue weighted by Crippen LogP contribution is 2.01. The van der Waals surface area contributed by atoms with Gasteiger partial charge in [-0.2, -0.15) is 0 Å². The van der Waals surface area contributed by atoms with E-state index in [0.717, 1.165) is 5.69 Å². The van der Waals surface area contributed by atoms with Gasteiger partial charge in [0, 0.05) is 11.5 Å². The Kier molecular flexibility index (Phi) is 3.31. The van der Waals surface area contributed by atoms with Gasteiger partial charge in [-0.05, 0) is 12.1 Å². The van der Waals surface area contributed by atoms with Crippen molar-refractivity contribution in [2.75, 3.05) is 5.43 Å². The Bertz CT molecular complexity index is 526. The van der Waals surface area contributed by atoms with Gasteiger partial charge in [0.05, 0.1) is 18.1 Å². The molecule has 0 atom stereocenters. The minimum absolute atomic E-state index is 0.227. The van der Waals surface area contributed by atoms with Crippen molar-refractivity contribution in [3.63, 3.8) is 0 Å². The molecule has 0 saturated heterocycles. The maximum Gasteiger partial charge on any atom is 0.287 e. The summed E-state index contributed by atoms with van der Waals surface area (Å²) in [5, 5.41) is 0.594. The van der Waals surface area contributed by atoms with Crippen LogP contribution < -0.4 is 11.0 Å². The van der Waals surface area contributed by atoms with Crippen molar-refractivity contribution in [3.05, 3.63) is 52.8 Å². The number of nitrogens with zero attached hydrogens (tertiary/aromatic N) is 3. The van der Waals surface area contributed by atoms with Gasteiger partial charge in [0.1, 0.15) is 5.82 Å². The molecule has 0 aliphatic rings. The van der Waals surface area contributed by atoms with E-state index >= 15 is 0 Å². The molecule has 0 aromatic carbocycles. The zero-order chi connectivity index (χ0) is 11.4. The number of anilines is 1. The highest BCUT2D eigenvalue weighted by molar-refractivity contribution is 9.08. The van der Waals surface area contributed by atoms with Crippen LogP contribution in [0.1, 0.15) is 5.69 Å². The normalized spacial score (nSPS) is 10.1. The summed E-state index contributed by atoms with van der Waals surface area (Å²) in [4.78, 5) is 19.5. The van der Waals surface area contributed by atoms with E-state index in [1.807, 2.05) is 12.1 Å². The summed E-state index contributed by atoms with van der Waals surface area (Å²) >= 11 is 3.28. The molecular weight excluding hydrogens is 272 g/mol. The van der Waals surface area contributed by atoms with Gasteiger partial charge in [-0.3, -0.25) is 15.2 Å². The van der Waals surface area contributed by atoms with Gasteiger partial charge in [-0.25, -0.2) is 9.66 Å². The third-order valence-corrected chi connectivity index (χ3v) is 2.47. The summed E-state index contributed by atoms with van der Waals surface area (Å²) < 4.78 is 1.35. The van der Waals surface area contributed by atoms with Crippen LogP contribution in [0.4, 0.5) is 5.82 Å². The fourth-order valence-electron chi connectivity index (χ4n) is 1.15. The molecule has 6 heteroatoms. The van der Waals surface area contributed by atoms with E-state index in [-0.39, 0.29) is 5.56 Å². The summed E-state index contributed by atoms with van der Waals surface area (Å²) in [6, 6.07) is 5.43. The maximum atomic E-state index is 11.5. The van der Waals surface area contributed by atoms with Gasteiger partial charge in [0.2, 0.25) is 0 Å². The molecule has 2 aromatic heterocycles. The van der Waals surface area contributed by atoms with E-state index in [1.54, 1.807) is 18.5 Å². The number of halogens is 1. The minimum Gasteiger partial charge on any atom is -0.275 e. The van der Waals surface area contributed by atoms with Crippen LogP contribution in [0.3, 0.4) is 0 Å². The van der Waals surface area contributed by atoms with E-state index in [1.165, 1.54) is 10.9 Å². The lowest BCUT2D eigenvalue weighted by atomic mass is 10.5. The molecule has 5 nitrogen and oxygen atoms in total. The first-order chi connectivity index (χ1) is 7.79. The number of hydrogen-bond acceptors (Lipinski definition) is 4. The number of nitrogens with one attached hydrogen (secondary N) is 1. The Labute approximate surface area is 100 Å². The second-order valence-corrected chi connectivity index (χ2v) is 3.61. The highest BCUT2D eigenvalue weighted by Gasteiger charge is 1.99. The molecule has 0 fully saturated rings. The summed E-state index contributed by atoms with van der Waals surface area (Å²) in [5.41, 5.74) is 3.42. The van der Waals surface area contributed by atoms with Gasteiger partial charge >= 0.3 is 0 Å². The fraction of sp³-hybridized carbons (Fsp3) is 0.100. The smallest absolute Gasteiger partial charge is 0.275 e. The van der Waals surface area contributed by atoms with E-state index in [2.05, 4.69) is 31.3 Å². The molecule has 0 bridgehead atoms. The molecule has 2 heterocycles. The largest absolute Gasteiger partial charge is 0.287 e. The average Bonchev–Trinajstić information content (AvgIpc) is 2.33. The van der Waals surface area contributed by atoms with Gasteiger partial charge in [-0.15, -0.1) is 0 Å². The van der Waals surface area contributed by atoms with Crippen LogP contribution in [0.15, 0.2) is 41.6 Å². The van der Waals surface area contributed by atoms with Crippen LogP contribution in [-0.4, -0.2) is 14.6 Å². The Morgan fingerprint density at radius 2 is 2.25 bits per heavy atom.